The van der Waals surface area contributed by atoms with Gasteiger partial charge in [-0.25, -0.2) is 0 Å². The van der Waals surface area contributed by atoms with Crippen LogP contribution in [0.5, 0.6) is 5.75 Å². The number of carbonyl (C=O) groups is 2. The van der Waals surface area contributed by atoms with Gasteiger partial charge in [0.25, 0.3) is 5.91 Å². The summed E-state index contributed by atoms with van der Waals surface area (Å²) in [5, 5.41) is 5.29. The van der Waals surface area contributed by atoms with Crippen molar-refractivity contribution in [3.05, 3.63) is 75.9 Å². The normalized spacial score (nSPS) is 10.3. The Morgan fingerprint density at radius 1 is 1.04 bits per heavy atom. The Hall–Kier alpha value is -2.28. The molecule has 0 aliphatic heterocycles. The molecule has 1 N–H and O–H groups in total. The molecular formula is C19H14ClNO3S2. The summed E-state index contributed by atoms with van der Waals surface area (Å²) >= 11 is 8.58. The van der Waals surface area contributed by atoms with Crippen molar-refractivity contribution < 1.29 is 14.3 Å². The lowest BCUT2D eigenvalue weighted by Crippen LogP contribution is -2.11. The molecule has 26 heavy (non-hydrogen) atoms. The number of hydrogen-bond acceptors (Lipinski definition) is 5. The zero-order chi connectivity index (χ0) is 18.4. The zero-order valence-electron chi connectivity index (χ0n) is 13.5. The van der Waals surface area contributed by atoms with E-state index in [2.05, 4.69) is 5.32 Å². The van der Waals surface area contributed by atoms with Crippen molar-refractivity contribution in [3.8, 4) is 5.75 Å². The van der Waals surface area contributed by atoms with Gasteiger partial charge in [-0.1, -0.05) is 17.7 Å². The minimum absolute atomic E-state index is 0.163. The van der Waals surface area contributed by atoms with Crippen LogP contribution in [0.3, 0.4) is 0 Å². The van der Waals surface area contributed by atoms with E-state index in [1.54, 1.807) is 42.5 Å². The number of anilines is 1. The number of carbonyl (C=O) groups excluding carboxylic acids is 2. The molecule has 0 saturated heterocycles. The Kier molecular flexibility index (Phi) is 6.33. The van der Waals surface area contributed by atoms with Gasteiger partial charge in [-0.15, -0.1) is 23.1 Å². The Balaban J connectivity index is 1.49. The van der Waals surface area contributed by atoms with Crippen molar-refractivity contribution in [1.29, 1.82) is 0 Å². The van der Waals surface area contributed by atoms with E-state index in [9.17, 15) is 9.59 Å². The molecule has 2 aromatic carbocycles. The third-order valence-electron chi connectivity index (χ3n) is 3.26. The second-order valence-electron chi connectivity index (χ2n) is 5.17. The lowest BCUT2D eigenvalue weighted by atomic mass is 10.3. The van der Waals surface area contributed by atoms with Crippen LogP contribution in [0.25, 0.3) is 0 Å². The highest BCUT2D eigenvalue weighted by Crippen LogP contribution is 2.22. The van der Waals surface area contributed by atoms with Gasteiger partial charge in [-0.3, -0.25) is 9.59 Å². The van der Waals surface area contributed by atoms with Crippen molar-refractivity contribution >= 4 is 52.3 Å². The molecule has 0 saturated carbocycles. The van der Waals surface area contributed by atoms with Crippen molar-refractivity contribution in [2.45, 2.75) is 4.90 Å². The van der Waals surface area contributed by atoms with E-state index in [-0.39, 0.29) is 17.6 Å². The van der Waals surface area contributed by atoms with Gasteiger partial charge in [0.1, 0.15) is 5.75 Å². The van der Waals surface area contributed by atoms with Crippen LogP contribution in [0.4, 0.5) is 5.69 Å². The summed E-state index contributed by atoms with van der Waals surface area (Å²) in [5.74, 6) is 0.114. The van der Waals surface area contributed by atoms with Crippen LogP contribution in [0.2, 0.25) is 5.02 Å². The van der Waals surface area contributed by atoms with E-state index in [4.69, 9.17) is 16.3 Å². The summed E-state index contributed by atoms with van der Waals surface area (Å²) in [4.78, 5) is 25.5. The van der Waals surface area contributed by atoms with Gasteiger partial charge in [0, 0.05) is 15.6 Å². The Morgan fingerprint density at radius 2 is 1.77 bits per heavy atom. The van der Waals surface area contributed by atoms with Gasteiger partial charge in [0.05, 0.1) is 10.6 Å². The topological polar surface area (TPSA) is 55.4 Å². The van der Waals surface area contributed by atoms with Crippen LogP contribution < -0.4 is 10.1 Å². The maximum atomic E-state index is 12.0. The van der Waals surface area contributed by atoms with Crippen molar-refractivity contribution in [3.63, 3.8) is 0 Å². The van der Waals surface area contributed by atoms with Crippen LogP contribution >= 0.6 is 34.7 Å². The summed E-state index contributed by atoms with van der Waals surface area (Å²) in [5.41, 5.74) is 0.638. The highest BCUT2D eigenvalue weighted by molar-refractivity contribution is 8.00. The fraction of sp³-hybridized carbons (Fsp3) is 0.0526. The maximum Gasteiger partial charge on any atom is 0.321 e. The number of thiophene rings is 1. The number of esters is 1. The molecule has 0 unspecified atom stereocenters. The molecule has 1 aromatic heterocycles. The number of nitrogens with one attached hydrogen (secondary N) is 1. The van der Waals surface area contributed by atoms with E-state index in [0.29, 0.717) is 21.3 Å². The molecule has 0 aliphatic rings. The smallest absolute Gasteiger partial charge is 0.321 e. The van der Waals surface area contributed by atoms with E-state index < -0.39 is 0 Å². The fourth-order valence-electron chi connectivity index (χ4n) is 2.04. The first-order valence-electron chi connectivity index (χ1n) is 7.64. The molecule has 7 heteroatoms. The van der Waals surface area contributed by atoms with Gasteiger partial charge in [0.2, 0.25) is 0 Å². The molecule has 1 heterocycles. The first kappa shape index (κ1) is 18.5. The van der Waals surface area contributed by atoms with E-state index in [1.807, 2.05) is 23.6 Å². The van der Waals surface area contributed by atoms with Gasteiger partial charge in [-0.2, -0.15) is 0 Å². The molecule has 0 radical (unpaired) electrons. The summed E-state index contributed by atoms with van der Waals surface area (Å²) < 4.78 is 5.30. The first-order valence-corrected chi connectivity index (χ1v) is 9.88. The molecule has 4 nitrogen and oxygen atoms in total. The maximum absolute atomic E-state index is 12.0. The van der Waals surface area contributed by atoms with Crippen LogP contribution in [0.1, 0.15) is 9.67 Å². The highest BCUT2D eigenvalue weighted by Gasteiger charge is 2.09. The van der Waals surface area contributed by atoms with E-state index in [1.165, 1.54) is 23.1 Å². The molecule has 0 aliphatic carbocycles. The third-order valence-corrected chi connectivity index (χ3v) is 5.37. The fourth-order valence-corrected chi connectivity index (χ4v) is 3.46. The zero-order valence-corrected chi connectivity index (χ0v) is 15.9. The minimum Gasteiger partial charge on any atom is -0.426 e. The van der Waals surface area contributed by atoms with Gasteiger partial charge < -0.3 is 10.1 Å². The minimum atomic E-state index is -0.347. The number of halogens is 1. The molecule has 1 amide bonds. The number of thioether (sulfide) groups is 1. The summed E-state index contributed by atoms with van der Waals surface area (Å²) in [6, 6.07) is 17.5. The molecule has 3 rings (SSSR count). The molecule has 0 fully saturated rings. The summed E-state index contributed by atoms with van der Waals surface area (Å²) in [6.45, 7) is 0. The van der Waals surface area contributed by atoms with Crippen LogP contribution in [0, 0.1) is 0 Å². The molecule has 0 spiro atoms. The number of ether oxygens (including phenoxy) is 1. The average molecular weight is 404 g/mol. The summed E-state index contributed by atoms with van der Waals surface area (Å²) in [7, 11) is 0. The summed E-state index contributed by atoms with van der Waals surface area (Å²) in [6.07, 6.45) is 0. The molecule has 0 atom stereocenters. The quantitative estimate of drug-likeness (QED) is 0.342. The predicted molar refractivity (Wildman–Crippen MR) is 107 cm³/mol. The van der Waals surface area contributed by atoms with E-state index >= 15 is 0 Å². The lowest BCUT2D eigenvalue weighted by Gasteiger charge is -2.07. The van der Waals surface area contributed by atoms with Crippen LogP contribution in [0.15, 0.2) is 70.9 Å². The molecule has 0 bridgehead atoms. The first-order chi connectivity index (χ1) is 12.6. The van der Waals surface area contributed by atoms with Gasteiger partial charge in [0.15, 0.2) is 0 Å². The number of rotatable bonds is 6. The molecule has 132 valence electrons. The van der Waals surface area contributed by atoms with Crippen molar-refractivity contribution in [1.82, 2.24) is 0 Å². The third kappa shape index (κ3) is 5.36. The van der Waals surface area contributed by atoms with Crippen molar-refractivity contribution in [2.24, 2.45) is 0 Å². The highest BCUT2D eigenvalue weighted by atomic mass is 35.5. The van der Waals surface area contributed by atoms with Crippen LogP contribution in [-0.4, -0.2) is 17.6 Å². The lowest BCUT2D eigenvalue weighted by molar-refractivity contribution is -0.131. The largest absolute Gasteiger partial charge is 0.426 e. The van der Waals surface area contributed by atoms with E-state index in [0.717, 1.165) is 4.90 Å². The number of benzene rings is 2. The Labute approximate surface area is 164 Å². The SMILES string of the molecule is O=C(CSc1ccc(Cl)cc1)Oc1ccc(NC(=O)c2cccs2)cc1. The number of amides is 1. The standard InChI is InChI=1S/C19H14ClNO3S2/c20-13-3-9-16(10-4-13)26-12-18(22)24-15-7-5-14(6-8-15)21-19(23)17-2-1-11-25-17/h1-11H,12H2,(H,21,23). The monoisotopic (exact) mass is 403 g/mol. The van der Waals surface area contributed by atoms with Gasteiger partial charge >= 0.3 is 5.97 Å². The van der Waals surface area contributed by atoms with Crippen molar-refractivity contribution in [2.75, 3.05) is 11.1 Å². The Morgan fingerprint density at radius 3 is 2.42 bits per heavy atom. The average Bonchev–Trinajstić information content (AvgIpc) is 3.18. The van der Waals surface area contributed by atoms with Gasteiger partial charge in [-0.05, 0) is 60.0 Å². The second kappa shape index (κ2) is 8.89. The number of hydrogen-bond donors (Lipinski definition) is 1. The molecular weight excluding hydrogens is 390 g/mol. The van der Waals surface area contributed by atoms with Crippen LogP contribution in [-0.2, 0) is 4.79 Å². The second-order valence-corrected chi connectivity index (χ2v) is 7.61. The molecule has 3 aromatic rings. The Bertz CT molecular complexity index is 878. The predicted octanol–water partition coefficient (Wildman–Crippen LogP) is 5.35.